The maximum absolute atomic E-state index is 12.4. The zero-order chi connectivity index (χ0) is 20.6. The molecule has 1 aromatic heterocycles. The second kappa shape index (κ2) is 9.91. The van der Waals surface area contributed by atoms with Gasteiger partial charge in [0.1, 0.15) is 17.9 Å². The van der Waals surface area contributed by atoms with Gasteiger partial charge in [0.05, 0.1) is 5.69 Å². The van der Waals surface area contributed by atoms with E-state index in [9.17, 15) is 9.59 Å². The molecule has 29 heavy (non-hydrogen) atoms. The minimum atomic E-state index is -0.688. The van der Waals surface area contributed by atoms with Crippen LogP contribution in [-0.4, -0.2) is 23.5 Å². The minimum Gasteiger partial charge on any atom is -0.488 e. The number of hydrogen-bond donors (Lipinski definition) is 1. The molecule has 0 aliphatic rings. The Hall–Kier alpha value is -3.09. The average molecular weight is 431 g/mol. The lowest BCUT2D eigenvalue weighted by Gasteiger charge is -2.12. The van der Waals surface area contributed by atoms with Crippen molar-refractivity contribution < 1.29 is 19.1 Å². The van der Waals surface area contributed by atoms with Gasteiger partial charge in [-0.2, -0.15) is 0 Å². The summed E-state index contributed by atoms with van der Waals surface area (Å²) < 4.78 is 10.8. The van der Waals surface area contributed by atoms with Crippen molar-refractivity contribution in [2.75, 3.05) is 11.9 Å². The third-order valence-electron chi connectivity index (χ3n) is 3.82. The molecule has 3 aromatic rings. The van der Waals surface area contributed by atoms with Crippen molar-refractivity contribution in [3.8, 4) is 5.75 Å². The normalized spacial score (nSPS) is 10.3. The molecule has 148 valence electrons. The zero-order valence-corrected chi connectivity index (χ0v) is 16.6. The van der Waals surface area contributed by atoms with E-state index >= 15 is 0 Å². The molecule has 6 nitrogen and oxygen atoms in total. The van der Waals surface area contributed by atoms with Crippen molar-refractivity contribution >= 4 is 40.8 Å². The van der Waals surface area contributed by atoms with Crippen LogP contribution in [-0.2, 0) is 16.1 Å². The van der Waals surface area contributed by atoms with E-state index in [1.807, 2.05) is 18.2 Å². The number of esters is 1. The number of aromatic nitrogens is 1. The van der Waals surface area contributed by atoms with Crippen molar-refractivity contribution in [3.63, 3.8) is 0 Å². The van der Waals surface area contributed by atoms with E-state index < -0.39 is 18.5 Å². The summed E-state index contributed by atoms with van der Waals surface area (Å²) in [5.74, 6) is -0.900. The standard InChI is InChI=1S/C21H16Cl2N2O4/c22-16-8-3-1-6-14(16)12-28-18-10-4-2-7-15(18)21(27)29-13-19(26)25-17-9-5-11-24-20(17)23/h1-11H,12-13H2,(H,25,26). The number of hydrogen-bond acceptors (Lipinski definition) is 5. The van der Waals surface area contributed by atoms with Gasteiger partial charge < -0.3 is 14.8 Å². The lowest BCUT2D eigenvalue weighted by atomic mass is 10.2. The average Bonchev–Trinajstić information content (AvgIpc) is 2.73. The maximum atomic E-state index is 12.4. The number of ether oxygens (including phenoxy) is 2. The van der Waals surface area contributed by atoms with Crippen molar-refractivity contribution in [1.82, 2.24) is 4.98 Å². The Bertz CT molecular complexity index is 1030. The summed E-state index contributed by atoms with van der Waals surface area (Å²) in [7, 11) is 0. The van der Waals surface area contributed by atoms with Crippen LogP contribution in [0.1, 0.15) is 15.9 Å². The molecular formula is C21H16Cl2N2O4. The van der Waals surface area contributed by atoms with E-state index in [1.165, 1.54) is 6.20 Å². The van der Waals surface area contributed by atoms with Crippen LogP contribution in [0, 0.1) is 0 Å². The lowest BCUT2D eigenvalue weighted by molar-refractivity contribution is -0.119. The van der Waals surface area contributed by atoms with Crippen molar-refractivity contribution in [2.24, 2.45) is 0 Å². The molecule has 0 unspecified atom stereocenters. The molecule has 0 spiro atoms. The molecule has 0 saturated heterocycles. The van der Waals surface area contributed by atoms with Crippen LogP contribution in [0.3, 0.4) is 0 Å². The molecule has 0 saturated carbocycles. The fraction of sp³-hybridized carbons (Fsp3) is 0.0952. The molecule has 0 aliphatic carbocycles. The summed E-state index contributed by atoms with van der Waals surface area (Å²) in [5, 5.41) is 3.24. The first kappa shape index (κ1) is 20.6. The number of nitrogens with one attached hydrogen (secondary N) is 1. The number of pyridine rings is 1. The van der Waals surface area contributed by atoms with Crippen LogP contribution >= 0.6 is 23.2 Å². The second-order valence-corrected chi connectivity index (χ2v) is 6.61. The summed E-state index contributed by atoms with van der Waals surface area (Å²) in [6, 6.07) is 17.1. The molecule has 1 heterocycles. The molecule has 0 atom stereocenters. The first-order chi connectivity index (χ1) is 14.0. The number of benzene rings is 2. The Morgan fingerprint density at radius 1 is 0.966 bits per heavy atom. The fourth-order valence-corrected chi connectivity index (χ4v) is 2.76. The van der Waals surface area contributed by atoms with Gasteiger partial charge in [-0.15, -0.1) is 0 Å². The van der Waals surface area contributed by atoms with Crippen LogP contribution in [0.4, 0.5) is 5.69 Å². The molecule has 2 aromatic carbocycles. The monoisotopic (exact) mass is 430 g/mol. The summed E-state index contributed by atoms with van der Waals surface area (Å²) in [4.78, 5) is 28.3. The highest BCUT2D eigenvalue weighted by Crippen LogP contribution is 2.23. The molecule has 0 fully saturated rings. The highest BCUT2D eigenvalue weighted by Gasteiger charge is 2.16. The number of carbonyl (C=O) groups is 2. The predicted octanol–water partition coefficient (Wildman–Crippen LogP) is 4.76. The topological polar surface area (TPSA) is 77.5 Å². The molecule has 1 amide bonds. The molecule has 0 bridgehead atoms. The van der Waals surface area contributed by atoms with Crippen molar-refractivity contribution in [1.29, 1.82) is 0 Å². The Kier molecular flexibility index (Phi) is 7.05. The largest absolute Gasteiger partial charge is 0.488 e. The van der Waals surface area contributed by atoms with Crippen LogP contribution in [0.5, 0.6) is 5.75 Å². The number of halogens is 2. The Balaban J connectivity index is 1.60. The molecular weight excluding hydrogens is 415 g/mol. The van der Waals surface area contributed by atoms with E-state index in [-0.39, 0.29) is 17.3 Å². The molecule has 0 aliphatic heterocycles. The van der Waals surface area contributed by atoms with Gasteiger partial charge in [-0.3, -0.25) is 4.79 Å². The van der Waals surface area contributed by atoms with Gasteiger partial charge in [-0.05, 0) is 30.3 Å². The third kappa shape index (κ3) is 5.70. The Labute approximate surface area is 177 Å². The van der Waals surface area contributed by atoms with Gasteiger partial charge in [-0.1, -0.05) is 53.5 Å². The van der Waals surface area contributed by atoms with E-state index in [2.05, 4.69) is 10.3 Å². The number of para-hydroxylation sites is 1. The quantitative estimate of drug-likeness (QED) is 0.431. The van der Waals surface area contributed by atoms with Crippen LogP contribution in [0.25, 0.3) is 0 Å². The van der Waals surface area contributed by atoms with E-state index in [0.717, 1.165) is 5.56 Å². The van der Waals surface area contributed by atoms with Crippen molar-refractivity contribution in [3.05, 3.63) is 88.2 Å². The highest BCUT2D eigenvalue weighted by molar-refractivity contribution is 6.32. The first-order valence-electron chi connectivity index (χ1n) is 8.57. The van der Waals surface area contributed by atoms with Gasteiger partial charge in [0.2, 0.25) is 0 Å². The Morgan fingerprint density at radius 3 is 2.52 bits per heavy atom. The second-order valence-electron chi connectivity index (χ2n) is 5.84. The Morgan fingerprint density at radius 2 is 1.72 bits per heavy atom. The highest BCUT2D eigenvalue weighted by atomic mass is 35.5. The van der Waals surface area contributed by atoms with Crippen molar-refractivity contribution in [2.45, 2.75) is 6.61 Å². The third-order valence-corrected chi connectivity index (χ3v) is 4.49. The van der Waals surface area contributed by atoms with Gasteiger partial charge in [0.25, 0.3) is 5.91 Å². The fourth-order valence-electron chi connectivity index (χ4n) is 2.41. The SMILES string of the molecule is O=C(COC(=O)c1ccccc1OCc1ccccc1Cl)Nc1cccnc1Cl. The van der Waals surface area contributed by atoms with E-state index in [0.29, 0.717) is 16.5 Å². The smallest absolute Gasteiger partial charge is 0.342 e. The van der Waals surface area contributed by atoms with Gasteiger partial charge in [0.15, 0.2) is 11.8 Å². The number of rotatable bonds is 7. The van der Waals surface area contributed by atoms with Gasteiger partial charge in [-0.25, -0.2) is 9.78 Å². The van der Waals surface area contributed by atoms with Crippen LogP contribution < -0.4 is 10.1 Å². The number of nitrogens with zero attached hydrogens (tertiary/aromatic N) is 1. The summed E-state index contributed by atoms with van der Waals surface area (Å²) in [5.41, 5.74) is 1.32. The molecule has 3 rings (SSSR count). The molecule has 1 N–H and O–H groups in total. The van der Waals surface area contributed by atoms with E-state index in [4.69, 9.17) is 32.7 Å². The predicted molar refractivity (Wildman–Crippen MR) is 110 cm³/mol. The van der Waals surface area contributed by atoms with Crippen LogP contribution in [0.15, 0.2) is 66.9 Å². The zero-order valence-electron chi connectivity index (χ0n) is 15.1. The summed E-state index contributed by atoms with van der Waals surface area (Å²) >= 11 is 12.0. The number of carbonyl (C=O) groups excluding carboxylic acids is 2. The lowest BCUT2D eigenvalue weighted by Crippen LogP contribution is -2.21. The molecule has 8 heteroatoms. The maximum Gasteiger partial charge on any atom is 0.342 e. The molecule has 0 radical (unpaired) electrons. The van der Waals surface area contributed by atoms with Crippen LogP contribution in [0.2, 0.25) is 10.2 Å². The van der Waals surface area contributed by atoms with Gasteiger partial charge in [0, 0.05) is 16.8 Å². The van der Waals surface area contributed by atoms with E-state index in [1.54, 1.807) is 42.5 Å². The summed E-state index contributed by atoms with van der Waals surface area (Å²) in [6.07, 6.45) is 1.50. The first-order valence-corrected chi connectivity index (χ1v) is 9.33. The number of amides is 1. The van der Waals surface area contributed by atoms with Gasteiger partial charge >= 0.3 is 5.97 Å². The minimum absolute atomic E-state index is 0.144. The number of anilines is 1. The summed E-state index contributed by atoms with van der Waals surface area (Å²) in [6.45, 7) is -0.299.